The number of aromatic carboxylic acids is 1. The van der Waals surface area contributed by atoms with Crippen LogP contribution in [0, 0.1) is 12.8 Å². The minimum absolute atomic E-state index is 0.0174. The Kier molecular flexibility index (Phi) is 16.4. The molecular formula is C56H66ClN6O7PS2. The molecule has 17 heteroatoms. The number of aromatic nitrogens is 1. The molecule has 13 nitrogen and oxygen atoms in total. The van der Waals surface area contributed by atoms with Gasteiger partial charge in [0.1, 0.15) is 0 Å². The van der Waals surface area contributed by atoms with Crippen molar-refractivity contribution in [2.75, 3.05) is 97.4 Å². The molecule has 1 aromatic heterocycles. The van der Waals surface area contributed by atoms with Crippen molar-refractivity contribution in [2.45, 2.75) is 61.9 Å². The van der Waals surface area contributed by atoms with Crippen LogP contribution >= 0.6 is 30.9 Å². The van der Waals surface area contributed by atoms with Crippen molar-refractivity contribution in [2.24, 2.45) is 5.92 Å². The van der Waals surface area contributed by atoms with E-state index in [1.165, 1.54) is 12.3 Å². The van der Waals surface area contributed by atoms with Gasteiger partial charge >= 0.3 is 13.5 Å². The number of rotatable bonds is 18. The Balaban J connectivity index is 0.893. The number of anilines is 4. The van der Waals surface area contributed by atoms with Gasteiger partial charge in [-0.1, -0.05) is 54.1 Å². The second-order valence-electron chi connectivity index (χ2n) is 19.7. The molecule has 73 heavy (non-hydrogen) atoms. The Hall–Kier alpha value is -5.25. The topological polar surface area (TPSA) is 148 Å². The number of nitrogens with one attached hydrogen (secondary N) is 1. The number of piperazine rings is 1. The van der Waals surface area contributed by atoms with Crippen LogP contribution in [0.4, 0.5) is 22.7 Å². The number of benzene rings is 5. The summed E-state index contributed by atoms with van der Waals surface area (Å²) in [6, 6.07) is 38.9. The third-order valence-corrected chi connectivity index (χ3v) is 19.6. The summed E-state index contributed by atoms with van der Waals surface area (Å²) in [5.41, 5.74) is 7.52. The lowest BCUT2D eigenvalue weighted by molar-refractivity contribution is 0.0696. The molecule has 5 aromatic carbocycles. The van der Waals surface area contributed by atoms with E-state index in [-0.39, 0.29) is 30.2 Å². The number of sulfone groups is 1. The van der Waals surface area contributed by atoms with Crippen molar-refractivity contribution >= 4 is 74.7 Å². The van der Waals surface area contributed by atoms with Crippen LogP contribution in [0.3, 0.4) is 0 Å². The van der Waals surface area contributed by atoms with Crippen LogP contribution in [0.1, 0.15) is 55.2 Å². The first-order valence-electron chi connectivity index (χ1n) is 25.2. The van der Waals surface area contributed by atoms with Crippen molar-refractivity contribution < 1.29 is 32.5 Å². The largest absolute Gasteiger partial charge is 0.478 e. The van der Waals surface area contributed by atoms with E-state index >= 15 is 4.57 Å². The van der Waals surface area contributed by atoms with Crippen molar-refractivity contribution in [1.82, 2.24) is 9.47 Å². The Morgan fingerprint density at radius 1 is 0.822 bits per heavy atom. The number of carbonyl (C=O) groups is 1. The number of hydrogen-bond donors (Lipinski definition) is 3. The average Bonchev–Trinajstić information content (AvgIpc) is 3.95. The fraction of sp³-hybridized carbons (Fsp3) is 0.375. The highest BCUT2D eigenvalue weighted by atomic mass is 35.5. The van der Waals surface area contributed by atoms with Crippen molar-refractivity contribution in [3.63, 3.8) is 0 Å². The Morgan fingerprint density at radius 3 is 2.14 bits per heavy atom. The highest BCUT2D eigenvalue weighted by Gasteiger charge is 2.41. The van der Waals surface area contributed by atoms with Crippen LogP contribution in [0.15, 0.2) is 131 Å². The zero-order valence-electron chi connectivity index (χ0n) is 42.0. The lowest BCUT2D eigenvalue weighted by Gasteiger charge is -2.37. The number of carboxylic acid groups (broad SMARTS) is 1. The van der Waals surface area contributed by atoms with E-state index in [1.807, 2.05) is 85.8 Å². The summed E-state index contributed by atoms with van der Waals surface area (Å²) < 4.78 is 52.1. The minimum Gasteiger partial charge on any atom is -0.478 e. The quantitative estimate of drug-likeness (QED) is 0.0555. The van der Waals surface area contributed by atoms with Crippen LogP contribution in [-0.4, -0.2) is 118 Å². The molecule has 0 spiro atoms. The van der Waals surface area contributed by atoms with Gasteiger partial charge in [0.15, 0.2) is 9.84 Å². The summed E-state index contributed by atoms with van der Waals surface area (Å²) in [5, 5.41) is 24.8. The highest BCUT2D eigenvalue weighted by Crippen LogP contribution is 2.56. The number of nitrogens with zero attached hydrogens (tertiary/aromatic N) is 5. The SMILES string of the molecule is Cc1c(C(=O)O)c(-c2cccc(N3CCN(c4ccc(N5CCO[P@@]5(=O)c5ccc(N[C@H](CCN6CCC(CO)CC6)CSc6ccccc6)c(S(C)(=O)=O)c5)cc4)CC3)c2)c(-c2ccc(Cl)cc2)n1C(C)C. The van der Waals surface area contributed by atoms with Gasteiger partial charge in [0.05, 0.1) is 40.3 Å². The minimum atomic E-state index is -3.76. The molecule has 9 rings (SSSR count). The van der Waals surface area contributed by atoms with Crippen LogP contribution < -0.4 is 25.1 Å². The lowest BCUT2D eigenvalue weighted by atomic mass is 9.96. The second-order valence-corrected chi connectivity index (χ2v) is 25.5. The maximum absolute atomic E-state index is 15.0. The predicted molar refractivity (Wildman–Crippen MR) is 299 cm³/mol. The van der Waals surface area contributed by atoms with Crippen LogP contribution in [-0.2, 0) is 18.9 Å². The monoisotopic (exact) mass is 1060 g/mol. The van der Waals surface area contributed by atoms with E-state index in [0.717, 1.165) is 110 Å². The zero-order valence-corrected chi connectivity index (χ0v) is 45.3. The maximum Gasteiger partial charge on any atom is 0.338 e. The normalized spacial score (nSPS) is 18.4. The molecule has 0 aliphatic carbocycles. The second kappa shape index (κ2) is 22.7. The molecular weight excluding hydrogens is 999 g/mol. The molecule has 3 aliphatic heterocycles. The van der Waals surface area contributed by atoms with Gasteiger partial charge in [-0.3, -0.25) is 9.24 Å². The van der Waals surface area contributed by atoms with Crippen LogP contribution in [0.2, 0.25) is 5.02 Å². The molecule has 3 fully saturated rings. The van der Waals surface area contributed by atoms with E-state index in [9.17, 15) is 23.4 Å². The van der Waals surface area contributed by atoms with Gasteiger partial charge < -0.3 is 39.3 Å². The molecule has 0 unspecified atom stereocenters. The molecule has 0 amide bonds. The molecule has 386 valence electrons. The molecule has 2 atom stereocenters. The number of aliphatic hydroxyl groups excluding tert-OH is 1. The number of hydrogen-bond acceptors (Lipinski definition) is 11. The number of piperidine rings is 1. The molecule has 0 saturated carbocycles. The van der Waals surface area contributed by atoms with E-state index in [1.54, 1.807) is 28.6 Å². The zero-order chi connectivity index (χ0) is 51.4. The number of halogens is 1. The summed E-state index contributed by atoms with van der Waals surface area (Å²) in [6.45, 7) is 12.5. The Bertz CT molecular complexity index is 3050. The van der Waals surface area contributed by atoms with Crippen molar-refractivity contribution in [3.8, 4) is 22.4 Å². The summed E-state index contributed by atoms with van der Waals surface area (Å²) in [5.74, 6) is 0.101. The summed E-state index contributed by atoms with van der Waals surface area (Å²) in [4.78, 5) is 21.2. The van der Waals surface area contributed by atoms with E-state index in [4.69, 9.17) is 16.1 Å². The van der Waals surface area contributed by atoms with Crippen LogP contribution in [0.25, 0.3) is 22.4 Å². The van der Waals surface area contributed by atoms with Gasteiger partial charge in [-0.2, -0.15) is 0 Å². The lowest BCUT2D eigenvalue weighted by Crippen LogP contribution is -2.46. The number of likely N-dealkylation sites (tertiary alicyclic amines) is 1. The van der Waals surface area contributed by atoms with Crippen LogP contribution in [0.5, 0.6) is 0 Å². The molecule has 0 bridgehead atoms. The van der Waals surface area contributed by atoms with Gasteiger partial charge in [-0.25, -0.2) is 13.2 Å². The van der Waals surface area contributed by atoms with Crippen molar-refractivity contribution in [3.05, 3.63) is 138 Å². The smallest absolute Gasteiger partial charge is 0.338 e. The van der Waals surface area contributed by atoms with Gasteiger partial charge in [-0.15, -0.1) is 11.8 Å². The van der Waals surface area contributed by atoms with E-state index in [2.05, 4.69) is 62.7 Å². The third kappa shape index (κ3) is 11.7. The van der Waals surface area contributed by atoms with Gasteiger partial charge in [-0.05, 0) is 149 Å². The first-order valence-corrected chi connectivity index (χ1v) is 30.0. The highest BCUT2D eigenvalue weighted by molar-refractivity contribution is 7.99. The molecule has 4 heterocycles. The molecule has 0 radical (unpaired) electrons. The maximum atomic E-state index is 15.0. The molecule has 3 saturated heterocycles. The third-order valence-electron chi connectivity index (χ3n) is 14.5. The van der Waals surface area contributed by atoms with E-state index in [0.29, 0.717) is 45.3 Å². The van der Waals surface area contributed by atoms with Crippen molar-refractivity contribution in [1.29, 1.82) is 0 Å². The van der Waals surface area contributed by atoms with Gasteiger partial charge in [0.25, 0.3) is 0 Å². The number of thioether (sulfide) groups is 1. The first kappa shape index (κ1) is 52.6. The van der Waals surface area contributed by atoms with E-state index < -0.39 is 23.3 Å². The molecule has 3 aliphatic rings. The summed E-state index contributed by atoms with van der Waals surface area (Å²) >= 11 is 8.02. The summed E-state index contributed by atoms with van der Waals surface area (Å²) in [6.07, 6.45) is 3.92. The fourth-order valence-corrected chi connectivity index (χ4v) is 14.9. The number of aliphatic hydroxyl groups is 1. The van der Waals surface area contributed by atoms with Gasteiger partial charge in [0, 0.05) is 102 Å². The summed E-state index contributed by atoms with van der Waals surface area (Å²) in [7, 11) is -7.46. The average molecular weight is 1070 g/mol. The standard InChI is InChI=1S/C56H66ClN6O7PS2/c1-39(2)63-40(3)53(56(65)66)54(55(63)42-13-15-44(57)16-14-42)43-9-8-10-48(35-43)61-31-29-60(30-32-61)46-17-19-47(20-18-46)62-33-34-70-71(62,67)49-21-22-51(52(36-49)73(4,68)69)58-45(38-72-50-11-6-5-7-12-50)25-28-59-26-23-41(37-64)24-27-59/h5-22,35-36,39,41,45,58,64H,23-34,37-38H2,1-4H3,(H,65,66)/t45-,71+/m1/s1. The number of carboxylic acids is 1. The first-order chi connectivity index (χ1) is 35.1. The molecule has 3 N–H and O–H groups in total. The fourth-order valence-electron chi connectivity index (χ4n) is 10.6. The Morgan fingerprint density at radius 2 is 1.49 bits per heavy atom. The molecule has 6 aromatic rings. The van der Waals surface area contributed by atoms with Gasteiger partial charge in [0.2, 0.25) is 0 Å². The Labute approximate surface area is 439 Å². The predicted octanol–water partition coefficient (Wildman–Crippen LogP) is 10.8.